The van der Waals surface area contributed by atoms with Gasteiger partial charge in [0.15, 0.2) is 0 Å². The molecule has 2 aromatic carbocycles. The van der Waals surface area contributed by atoms with E-state index in [4.69, 9.17) is 4.74 Å². The monoisotopic (exact) mass is 294 g/mol. The molecule has 5 heteroatoms. The number of rotatable bonds is 3. The smallest absolute Gasteiger partial charge is 0.420 e. The third-order valence-corrected chi connectivity index (χ3v) is 3.22. The number of hydrogen-bond acceptors (Lipinski definition) is 2. The average molecular weight is 294 g/mol. The molecule has 0 atom stereocenters. The molecule has 0 radical (unpaired) electrons. The Bertz CT molecular complexity index is 676. The molecule has 0 heterocycles. The fourth-order valence-corrected chi connectivity index (χ4v) is 1.88. The lowest BCUT2D eigenvalue weighted by molar-refractivity contribution is -0.138. The molecule has 2 rings (SSSR count). The first-order valence-electron chi connectivity index (χ1n) is 6.23. The van der Waals surface area contributed by atoms with Gasteiger partial charge in [-0.1, -0.05) is 12.1 Å². The molecule has 21 heavy (non-hydrogen) atoms. The fourth-order valence-electron chi connectivity index (χ4n) is 1.88. The van der Waals surface area contributed by atoms with Crippen LogP contribution in [-0.4, -0.2) is 6.29 Å². The zero-order valence-electron chi connectivity index (χ0n) is 11.5. The SMILES string of the molecule is Cc1cccc(Oc2ccc(C=O)cc2C(F)(F)F)c1C. The normalized spacial score (nSPS) is 11.3. The van der Waals surface area contributed by atoms with Gasteiger partial charge in [-0.2, -0.15) is 13.2 Å². The highest BCUT2D eigenvalue weighted by molar-refractivity contribution is 5.75. The van der Waals surface area contributed by atoms with Crippen LogP contribution in [-0.2, 0) is 6.18 Å². The highest BCUT2D eigenvalue weighted by Gasteiger charge is 2.35. The van der Waals surface area contributed by atoms with E-state index in [0.29, 0.717) is 12.0 Å². The molecular formula is C16H13F3O2. The van der Waals surface area contributed by atoms with Crippen LogP contribution in [0.5, 0.6) is 11.5 Å². The van der Waals surface area contributed by atoms with E-state index in [2.05, 4.69) is 0 Å². The van der Waals surface area contributed by atoms with Crippen LogP contribution in [0, 0.1) is 13.8 Å². The first-order chi connectivity index (χ1) is 9.82. The van der Waals surface area contributed by atoms with E-state index in [0.717, 1.165) is 23.3 Å². The van der Waals surface area contributed by atoms with Crippen molar-refractivity contribution in [2.75, 3.05) is 0 Å². The lowest BCUT2D eigenvalue weighted by Gasteiger charge is -2.16. The molecule has 0 saturated carbocycles. The van der Waals surface area contributed by atoms with Crippen LogP contribution < -0.4 is 4.74 Å². The molecule has 0 aliphatic heterocycles. The van der Waals surface area contributed by atoms with Gasteiger partial charge >= 0.3 is 6.18 Å². The van der Waals surface area contributed by atoms with Crippen molar-refractivity contribution in [3.8, 4) is 11.5 Å². The Labute approximate surface area is 120 Å². The summed E-state index contributed by atoms with van der Waals surface area (Å²) >= 11 is 0. The molecular weight excluding hydrogens is 281 g/mol. The van der Waals surface area contributed by atoms with Gasteiger partial charge in [-0.3, -0.25) is 4.79 Å². The molecule has 0 bridgehead atoms. The van der Waals surface area contributed by atoms with Crippen molar-refractivity contribution in [1.29, 1.82) is 0 Å². The summed E-state index contributed by atoms with van der Waals surface area (Å²) in [6, 6.07) is 8.41. The molecule has 0 aliphatic rings. The minimum atomic E-state index is -4.59. The van der Waals surface area contributed by atoms with E-state index in [1.54, 1.807) is 19.1 Å². The molecule has 2 nitrogen and oxygen atoms in total. The highest BCUT2D eigenvalue weighted by Crippen LogP contribution is 2.39. The van der Waals surface area contributed by atoms with Crippen molar-refractivity contribution >= 4 is 6.29 Å². The minimum absolute atomic E-state index is 0.0457. The molecule has 0 fully saturated rings. The number of carbonyl (C=O) groups excluding carboxylic acids is 1. The Morgan fingerprint density at radius 1 is 1.05 bits per heavy atom. The Morgan fingerprint density at radius 2 is 1.76 bits per heavy atom. The number of benzene rings is 2. The van der Waals surface area contributed by atoms with E-state index >= 15 is 0 Å². The molecule has 0 amide bonds. The summed E-state index contributed by atoms with van der Waals surface area (Å²) in [5, 5.41) is 0. The Kier molecular flexibility index (Phi) is 4.02. The van der Waals surface area contributed by atoms with Gasteiger partial charge in [0.25, 0.3) is 0 Å². The minimum Gasteiger partial charge on any atom is -0.456 e. The molecule has 0 aromatic heterocycles. The maximum absolute atomic E-state index is 13.1. The summed E-state index contributed by atoms with van der Waals surface area (Å²) < 4.78 is 44.6. The van der Waals surface area contributed by atoms with Crippen LogP contribution in [0.1, 0.15) is 27.0 Å². The van der Waals surface area contributed by atoms with Crippen molar-refractivity contribution in [3.05, 3.63) is 58.7 Å². The number of alkyl halides is 3. The third-order valence-electron chi connectivity index (χ3n) is 3.22. The van der Waals surface area contributed by atoms with Crippen molar-refractivity contribution < 1.29 is 22.7 Å². The number of carbonyl (C=O) groups is 1. The van der Waals surface area contributed by atoms with Gasteiger partial charge in [-0.05, 0) is 49.2 Å². The second-order valence-corrected chi connectivity index (χ2v) is 4.67. The van der Waals surface area contributed by atoms with Crippen LogP contribution >= 0.6 is 0 Å². The van der Waals surface area contributed by atoms with E-state index in [9.17, 15) is 18.0 Å². The van der Waals surface area contributed by atoms with Gasteiger partial charge in [0.1, 0.15) is 17.8 Å². The van der Waals surface area contributed by atoms with E-state index in [-0.39, 0.29) is 11.3 Å². The maximum Gasteiger partial charge on any atom is 0.420 e. The lowest BCUT2D eigenvalue weighted by atomic mass is 10.1. The number of halogens is 3. The van der Waals surface area contributed by atoms with Crippen molar-refractivity contribution in [1.82, 2.24) is 0 Å². The Morgan fingerprint density at radius 3 is 2.38 bits per heavy atom. The summed E-state index contributed by atoms with van der Waals surface area (Å²) in [7, 11) is 0. The number of hydrogen-bond donors (Lipinski definition) is 0. The van der Waals surface area contributed by atoms with Crippen LogP contribution in [0.3, 0.4) is 0 Å². The van der Waals surface area contributed by atoms with Crippen LogP contribution in [0.15, 0.2) is 36.4 Å². The number of aldehydes is 1. The van der Waals surface area contributed by atoms with Gasteiger partial charge in [0.2, 0.25) is 0 Å². The Balaban J connectivity index is 2.49. The quantitative estimate of drug-likeness (QED) is 0.750. The second-order valence-electron chi connectivity index (χ2n) is 4.67. The van der Waals surface area contributed by atoms with E-state index in [1.807, 2.05) is 13.0 Å². The van der Waals surface area contributed by atoms with Crippen molar-refractivity contribution in [2.45, 2.75) is 20.0 Å². The molecule has 110 valence electrons. The summed E-state index contributed by atoms with van der Waals surface area (Å²) in [6.07, 6.45) is -4.22. The summed E-state index contributed by atoms with van der Waals surface area (Å²) in [4.78, 5) is 10.6. The molecule has 0 saturated heterocycles. The van der Waals surface area contributed by atoms with E-state index < -0.39 is 11.7 Å². The highest BCUT2D eigenvalue weighted by atomic mass is 19.4. The average Bonchev–Trinajstić information content (AvgIpc) is 2.43. The first kappa shape index (κ1) is 15.1. The molecule has 0 spiro atoms. The van der Waals surface area contributed by atoms with Gasteiger partial charge in [0.05, 0.1) is 5.56 Å². The van der Waals surface area contributed by atoms with Gasteiger partial charge in [-0.25, -0.2) is 0 Å². The van der Waals surface area contributed by atoms with Gasteiger partial charge < -0.3 is 4.74 Å². The topological polar surface area (TPSA) is 26.3 Å². The largest absolute Gasteiger partial charge is 0.456 e. The van der Waals surface area contributed by atoms with Gasteiger partial charge in [-0.15, -0.1) is 0 Å². The predicted octanol–water partition coefficient (Wildman–Crippen LogP) is 4.93. The van der Waals surface area contributed by atoms with Crippen LogP contribution in [0.2, 0.25) is 0 Å². The predicted molar refractivity (Wildman–Crippen MR) is 72.8 cm³/mol. The van der Waals surface area contributed by atoms with Crippen molar-refractivity contribution in [3.63, 3.8) is 0 Å². The molecule has 0 N–H and O–H groups in total. The molecule has 2 aromatic rings. The van der Waals surface area contributed by atoms with Gasteiger partial charge in [0, 0.05) is 5.56 Å². The standard InChI is InChI=1S/C16H13F3O2/c1-10-4-3-5-14(11(10)2)21-15-7-6-12(9-20)8-13(15)16(17,18)19/h3-9H,1-2H3. The van der Waals surface area contributed by atoms with E-state index in [1.165, 1.54) is 6.07 Å². The second kappa shape index (κ2) is 5.60. The zero-order valence-corrected chi connectivity index (χ0v) is 11.5. The molecule has 0 unspecified atom stereocenters. The first-order valence-corrected chi connectivity index (χ1v) is 6.23. The molecule has 0 aliphatic carbocycles. The van der Waals surface area contributed by atoms with Crippen LogP contribution in [0.25, 0.3) is 0 Å². The maximum atomic E-state index is 13.1. The summed E-state index contributed by atoms with van der Waals surface area (Å²) in [5.41, 5.74) is 0.680. The summed E-state index contributed by atoms with van der Waals surface area (Å²) in [5.74, 6) is 0.0427. The van der Waals surface area contributed by atoms with Crippen LogP contribution in [0.4, 0.5) is 13.2 Å². The lowest BCUT2D eigenvalue weighted by Crippen LogP contribution is -2.08. The number of aryl methyl sites for hydroxylation is 1. The zero-order chi connectivity index (χ0) is 15.6. The fraction of sp³-hybridized carbons (Fsp3) is 0.188. The Hall–Kier alpha value is -2.30. The number of ether oxygens (including phenoxy) is 1. The summed E-state index contributed by atoms with van der Waals surface area (Å²) in [6.45, 7) is 3.63. The third kappa shape index (κ3) is 3.24. The van der Waals surface area contributed by atoms with Crippen molar-refractivity contribution in [2.24, 2.45) is 0 Å².